The summed E-state index contributed by atoms with van der Waals surface area (Å²) in [5.41, 5.74) is 2.29. The number of hydrogen-bond acceptors (Lipinski definition) is 5. The van der Waals surface area contributed by atoms with Crippen LogP contribution < -0.4 is 5.32 Å². The van der Waals surface area contributed by atoms with Gasteiger partial charge >= 0.3 is 6.09 Å². The van der Waals surface area contributed by atoms with Crippen molar-refractivity contribution < 1.29 is 19.1 Å². The van der Waals surface area contributed by atoms with E-state index in [0.717, 1.165) is 36.9 Å². The second-order valence-electron chi connectivity index (χ2n) is 10.9. The van der Waals surface area contributed by atoms with E-state index in [2.05, 4.69) is 22.5 Å². The first-order valence-corrected chi connectivity index (χ1v) is 12.6. The molecule has 190 valence electrons. The molecular formula is C27H38N4O4. The van der Waals surface area contributed by atoms with E-state index in [4.69, 9.17) is 9.47 Å². The third kappa shape index (κ3) is 6.42. The zero-order valence-corrected chi connectivity index (χ0v) is 21.4. The second kappa shape index (κ2) is 10.4. The van der Waals surface area contributed by atoms with Gasteiger partial charge in [-0.05, 0) is 57.4 Å². The summed E-state index contributed by atoms with van der Waals surface area (Å²) in [6, 6.07) is 10.1. The van der Waals surface area contributed by atoms with Crippen molar-refractivity contribution in [3.63, 3.8) is 0 Å². The molecule has 4 rings (SSSR count). The summed E-state index contributed by atoms with van der Waals surface area (Å²) in [7, 11) is 1.87. The minimum absolute atomic E-state index is 0.00250. The quantitative estimate of drug-likeness (QED) is 0.698. The van der Waals surface area contributed by atoms with Crippen molar-refractivity contribution >= 4 is 12.0 Å². The molecule has 1 aromatic heterocycles. The number of carbonyl (C=O) groups is 2. The van der Waals surface area contributed by atoms with Crippen LogP contribution in [0.5, 0.6) is 0 Å². The molecule has 35 heavy (non-hydrogen) atoms. The lowest BCUT2D eigenvalue weighted by Crippen LogP contribution is -2.49. The Kier molecular flexibility index (Phi) is 7.50. The van der Waals surface area contributed by atoms with Crippen LogP contribution in [0.25, 0.3) is 0 Å². The van der Waals surface area contributed by atoms with E-state index in [9.17, 15) is 9.59 Å². The number of benzene rings is 1. The first-order valence-electron chi connectivity index (χ1n) is 12.6. The maximum atomic E-state index is 12.9. The van der Waals surface area contributed by atoms with Crippen LogP contribution in [0.4, 0.5) is 4.79 Å². The minimum atomic E-state index is -0.476. The SMILES string of the molecule is Cn1ncc(C(=O)NCC2CCC3(CCN(C(=O)OC(C)(C)C)CC3)CO2)c1Cc1ccccc1. The van der Waals surface area contributed by atoms with Gasteiger partial charge in [-0.3, -0.25) is 9.48 Å². The molecule has 8 heteroatoms. The molecular weight excluding hydrogens is 444 g/mol. The predicted molar refractivity (Wildman–Crippen MR) is 133 cm³/mol. The number of aryl methyl sites for hydroxylation is 1. The summed E-state index contributed by atoms with van der Waals surface area (Å²) in [5, 5.41) is 7.37. The topological polar surface area (TPSA) is 85.7 Å². The number of nitrogens with zero attached hydrogens (tertiary/aromatic N) is 3. The molecule has 1 atom stereocenters. The Morgan fingerprint density at radius 2 is 1.89 bits per heavy atom. The van der Waals surface area contributed by atoms with Crippen molar-refractivity contribution in [1.82, 2.24) is 20.0 Å². The average Bonchev–Trinajstić information content (AvgIpc) is 3.18. The number of nitrogens with one attached hydrogen (secondary N) is 1. The van der Waals surface area contributed by atoms with E-state index in [-0.39, 0.29) is 23.5 Å². The monoisotopic (exact) mass is 482 g/mol. The number of ether oxygens (including phenoxy) is 2. The summed E-state index contributed by atoms with van der Waals surface area (Å²) in [5.74, 6) is -0.112. The van der Waals surface area contributed by atoms with E-state index in [1.54, 1.807) is 10.9 Å². The van der Waals surface area contributed by atoms with Gasteiger partial charge in [0.25, 0.3) is 5.91 Å². The third-order valence-corrected chi connectivity index (χ3v) is 7.11. The molecule has 2 aliphatic heterocycles. The third-order valence-electron chi connectivity index (χ3n) is 7.11. The zero-order chi connectivity index (χ0) is 25.1. The van der Waals surface area contributed by atoms with Gasteiger partial charge in [-0.25, -0.2) is 4.79 Å². The molecule has 1 aromatic carbocycles. The molecule has 2 fully saturated rings. The first-order chi connectivity index (χ1) is 16.6. The molecule has 1 N–H and O–H groups in total. The Hall–Kier alpha value is -2.87. The predicted octanol–water partition coefficient (Wildman–Crippen LogP) is 3.94. The van der Waals surface area contributed by atoms with Gasteiger partial charge in [0, 0.05) is 33.1 Å². The van der Waals surface area contributed by atoms with E-state index in [1.807, 2.05) is 50.9 Å². The van der Waals surface area contributed by atoms with E-state index in [1.165, 1.54) is 0 Å². The number of aromatic nitrogens is 2. The standard InChI is InChI=1S/C27H38N4O4/c1-26(2,3)35-25(33)31-14-12-27(13-15-31)11-10-21(34-19-27)17-28-24(32)22-18-29-30(4)23(22)16-20-8-6-5-7-9-20/h5-9,18,21H,10-17,19H2,1-4H3,(H,28,32). The number of carbonyl (C=O) groups excluding carboxylic acids is 2. The van der Waals surface area contributed by atoms with E-state index < -0.39 is 5.60 Å². The van der Waals surface area contributed by atoms with Crippen molar-refractivity contribution in [2.24, 2.45) is 12.5 Å². The fourth-order valence-corrected chi connectivity index (χ4v) is 4.92. The highest BCUT2D eigenvalue weighted by molar-refractivity contribution is 5.95. The van der Waals surface area contributed by atoms with Crippen molar-refractivity contribution in [1.29, 1.82) is 0 Å². The molecule has 0 aliphatic carbocycles. The molecule has 2 amide bonds. The van der Waals surface area contributed by atoms with Crippen LogP contribution >= 0.6 is 0 Å². The minimum Gasteiger partial charge on any atom is -0.444 e. The van der Waals surface area contributed by atoms with Crippen molar-refractivity contribution in [2.45, 2.75) is 64.6 Å². The lowest BCUT2D eigenvalue weighted by molar-refractivity contribution is -0.0843. The lowest BCUT2D eigenvalue weighted by Gasteiger charge is -2.45. The molecule has 2 aliphatic rings. The maximum Gasteiger partial charge on any atom is 0.410 e. The lowest BCUT2D eigenvalue weighted by atomic mass is 9.73. The molecule has 1 unspecified atom stereocenters. The highest BCUT2D eigenvalue weighted by Crippen LogP contribution is 2.40. The number of rotatable bonds is 5. The first kappa shape index (κ1) is 25.2. The van der Waals surface area contributed by atoms with Crippen LogP contribution in [-0.2, 0) is 22.9 Å². The number of piperidine rings is 1. The fourth-order valence-electron chi connectivity index (χ4n) is 4.92. The number of amides is 2. The van der Waals surface area contributed by atoms with Crippen LogP contribution in [0.3, 0.4) is 0 Å². The van der Waals surface area contributed by atoms with Gasteiger partial charge < -0.3 is 19.7 Å². The van der Waals surface area contributed by atoms with Crippen LogP contribution in [-0.4, -0.2) is 64.6 Å². The summed E-state index contributed by atoms with van der Waals surface area (Å²) in [4.78, 5) is 27.1. The normalized spacial score (nSPS) is 20.0. The molecule has 2 saturated heterocycles. The fraction of sp³-hybridized carbons (Fsp3) is 0.593. The highest BCUT2D eigenvalue weighted by Gasteiger charge is 2.40. The highest BCUT2D eigenvalue weighted by atomic mass is 16.6. The zero-order valence-electron chi connectivity index (χ0n) is 21.4. The van der Waals surface area contributed by atoms with Gasteiger partial charge in [0.05, 0.1) is 30.2 Å². The molecule has 1 spiro atoms. The van der Waals surface area contributed by atoms with Crippen LogP contribution in [0, 0.1) is 5.41 Å². The smallest absolute Gasteiger partial charge is 0.410 e. The van der Waals surface area contributed by atoms with E-state index in [0.29, 0.717) is 38.2 Å². The Morgan fingerprint density at radius 3 is 2.51 bits per heavy atom. The molecule has 0 saturated carbocycles. The Balaban J connectivity index is 1.24. The number of hydrogen-bond donors (Lipinski definition) is 1. The Labute approximate surface area is 208 Å². The van der Waals surface area contributed by atoms with Gasteiger partial charge in [-0.2, -0.15) is 5.10 Å². The summed E-state index contributed by atoms with van der Waals surface area (Å²) < 4.78 is 13.5. The largest absolute Gasteiger partial charge is 0.444 e. The second-order valence-corrected chi connectivity index (χ2v) is 10.9. The van der Waals surface area contributed by atoms with Gasteiger partial charge in [0.1, 0.15) is 5.60 Å². The van der Waals surface area contributed by atoms with Crippen LogP contribution in [0.2, 0.25) is 0 Å². The van der Waals surface area contributed by atoms with Gasteiger partial charge in [0.2, 0.25) is 0 Å². The number of likely N-dealkylation sites (tertiary alicyclic amines) is 1. The molecule has 0 radical (unpaired) electrons. The van der Waals surface area contributed by atoms with Crippen molar-refractivity contribution in [3.8, 4) is 0 Å². The van der Waals surface area contributed by atoms with Crippen molar-refractivity contribution in [2.75, 3.05) is 26.2 Å². The van der Waals surface area contributed by atoms with Gasteiger partial charge in [0.15, 0.2) is 0 Å². The van der Waals surface area contributed by atoms with Crippen LogP contribution in [0.1, 0.15) is 68.1 Å². The molecule has 3 heterocycles. The van der Waals surface area contributed by atoms with Gasteiger partial charge in [-0.15, -0.1) is 0 Å². The molecule has 0 bridgehead atoms. The Bertz CT molecular complexity index is 1010. The molecule has 2 aromatic rings. The summed E-state index contributed by atoms with van der Waals surface area (Å²) in [6.07, 6.45) is 5.85. The Morgan fingerprint density at radius 1 is 1.17 bits per heavy atom. The van der Waals surface area contributed by atoms with Crippen LogP contribution in [0.15, 0.2) is 36.5 Å². The summed E-state index contributed by atoms with van der Waals surface area (Å²) in [6.45, 7) is 8.23. The average molecular weight is 483 g/mol. The molecule has 8 nitrogen and oxygen atoms in total. The van der Waals surface area contributed by atoms with Gasteiger partial charge in [-0.1, -0.05) is 30.3 Å². The summed E-state index contributed by atoms with van der Waals surface area (Å²) >= 11 is 0. The van der Waals surface area contributed by atoms with Crippen molar-refractivity contribution in [3.05, 3.63) is 53.3 Å². The van der Waals surface area contributed by atoms with E-state index >= 15 is 0 Å². The maximum absolute atomic E-state index is 12.9.